The van der Waals surface area contributed by atoms with Crippen molar-refractivity contribution in [2.75, 3.05) is 31.8 Å². The van der Waals surface area contributed by atoms with Crippen LogP contribution in [0.15, 0.2) is 41.4 Å². The summed E-state index contributed by atoms with van der Waals surface area (Å²) in [5.74, 6) is 0.0283. The van der Waals surface area contributed by atoms with Gasteiger partial charge in [-0.2, -0.15) is 0 Å². The highest BCUT2D eigenvalue weighted by Crippen LogP contribution is 2.20. The minimum atomic E-state index is -3.23. The summed E-state index contributed by atoms with van der Waals surface area (Å²) in [6.07, 6.45) is 1.17. The highest BCUT2D eigenvalue weighted by atomic mass is 127. The Labute approximate surface area is 202 Å². The number of halogens is 2. The molecule has 0 amide bonds. The van der Waals surface area contributed by atoms with Gasteiger partial charge in [0, 0.05) is 39.1 Å². The van der Waals surface area contributed by atoms with E-state index in [0.717, 1.165) is 11.3 Å². The average Bonchev–Trinajstić information content (AvgIpc) is 2.65. The lowest BCUT2D eigenvalue weighted by atomic mass is 10.1. The number of sulfone groups is 1. The second kappa shape index (κ2) is 12.2. The molecule has 6 nitrogen and oxygen atoms in total. The number of aliphatic imine (C=N–C) groups is 1. The molecule has 0 spiro atoms. The van der Waals surface area contributed by atoms with E-state index in [2.05, 4.69) is 45.6 Å². The highest BCUT2D eigenvalue weighted by molar-refractivity contribution is 14.0. The first-order valence-electron chi connectivity index (χ1n) is 9.83. The van der Waals surface area contributed by atoms with Crippen LogP contribution in [0.5, 0.6) is 0 Å². The summed E-state index contributed by atoms with van der Waals surface area (Å²) < 4.78 is 37.1. The van der Waals surface area contributed by atoms with Crippen LogP contribution >= 0.6 is 24.0 Å². The van der Waals surface area contributed by atoms with Crippen molar-refractivity contribution >= 4 is 45.5 Å². The highest BCUT2D eigenvalue weighted by Gasteiger charge is 2.11. The predicted molar refractivity (Wildman–Crippen MR) is 138 cm³/mol. The Morgan fingerprint density at radius 1 is 1.06 bits per heavy atom. The van der Waals surface area contributed by atoms with Crippen molar-refractivity contribution in [1.29, 1.82) is 0 Å². The molecule has 2 aromatic rings. The lowest BCUT2D eigenvalue weighted by molar-refractivity contribution is 0.600. The Hall–Kier alpha value is -1.88. The van der Waals surface area contributed by atoms with Gasteiger partial charge in [-0.15, -0.1) is 24.0 Å². The Bertz CT molecular complexity index is 1010. The second-order valence-corrected chi connectivity index (χ2v) is 9.70. The molecule has 0 atom stereocenters. The standard InChI is InChI=1S/C22H31FN4O2S.HI/c1-6-24-22(25-13-17-8-7-16(2)11-21(17)27(3)4)26-14-19-12-20(23)10-9-18(19)15-30(5,28)29;/h7-12H,6,13-15H2,1-5H3,(H2,24,25,26);1H. The molecule has 0 fully saturated rings. The van der Waals surface area contributed by atoms with Gasteiger partial charge < -0.3 is 15.5 Å². The summed E-state index contributed by atoms with van der Waals surface area (Å²) in [5, 5.41) is 6.48. The van der Waals surface area contributed by atoms with E-state index in [4.69, 9.17) is 0 Å². The zero-order valence-electron chi connectivity index (χ0n) is 18.7. The Balaban J connectivity index is 0.00000480. The molecule has 0 aliphatic rings. The molecule has 0 aliphatic carbocycles. The molecule has 0 heterocycles. The molecule has 0 aromatic heterocycles. The second-order valence-electron chi connectivity index (χ2n) is 7.56. The zero-order chi connectivity index (χ0) is 22.3. The maximum atomic E-state index is 13.7. The summed E-state index contributed by atoms with van der Waals surface area (Å²) in [5.41, 5.74) is 4.56. The fourth-order valence-corrected chi connectivity index (χ4v) is 3.94. The van der Waals surface area contributed by atoms with Crippen LogP contribution < -0.4 is 15.5 Å². The number of aryl methyl sites for hydroxylation is 1. The number of nitrogens with one attached hydrogen (secondary N) is 2. The Morgan fingerprint density at radius 3 is 2.35 bits per heavy atom. The maximum Gasteiger partial charge on any atom is 0.191 e. The monoisotopic (exact) mass is 562 g/mol. The molecular formula is C22H32FIN4O2S. The molecule has 2 N–H and O–H groups in total. The number of nitrogens with zero attached hydrogens (tertiary/aromatic N) is 2. The molecule has 2 rings (SSSR count). The average molecular weight is 562 g/mol. The van der Waals surface area contributed by atoms with Crippen molar-refractivity contribution in [3.05, 3.63) is 64.5 Å². The van der Waals surface area contributed by atoms with Gasteiger partial charge in [0.1, 0.15) is 5.82 Å². The van der Waals surface area contributed by atoms with Crippen LogP contribution in [-0.2, 0) is 28.7 Å². The van der Waals surface area contributed by atoms with Crippen molar-refractivity contribution in [3.8, 4) is 0 Å². The van der Waals surface area contributed by atoms with Crippen LogP contribution in [0, 0.1) is 12.7 Å². The van der Waals surface area contributed by atoms with Gasteiger partial charge in [0.05, 0.1) is 12.3 Å². The van der Waals surface area contributed by atoms with E-state index in [9.17, 15) is 12.8 Å². The molecule has 0 aliphatic heterocycles. The fraction of sp³-hybridized carbons (Fsp3) is 0.409. The summed E-state index contributed by atoms with van der Waals surface area (Å²) >= 11 is 0. The molecule has 0 saturated carbocycles. The predicted octanol–water partition coefficient (Wildman–Crippen LogP) is 3.62. The summed E-state index contributed by atoms with van der Waals surface area (Å²) in [4.78, 5) is 6.61. The van der Waals surface area contributed by atoms with Crippen molar-refractivity contribution in [2.24, 2.45) is 4.99 Å². The van der Waals surface area contributed by atoms with E-state index in [1.54, 1.807) is 0 Å². The number of guanidine groups is 1. The van der Waals surface area contributed by atoms with Crippen molar-refractivity contribution < 1.29 is 12.8 Å². The normalized spacial score (nSPS) is 11.6. The summed E-state index contributed by atoms with van der Waals surface area (Å²) in [7, 11) is 0.779. The van der Waals surface area contributed by atoms with Gasteiger partial charge in [0.15, 0.2) is 15.8 Å². The van der Waals surface area contributed by atoms with E-state index >= 15 is 0 Å². The lowest BCUT2D eigenvalue weighted by Gasteiger charge is -2.19. The molecule has 9 heteroatoms. The van der Waals surface area contributed by atoms with Gasteiger partial charge in [-0.25, -0.2) is 17.8 Å². The van der Waals surface area contributed by atoms with Crippen LogP contribution in [0.4, 0.5) is 10.1 Å². The molecule has 0 unspecified atom stereocenters. The van der Waals surface area contributed by atoms with Gasteiger partial charge in [-0.3, -0.25) is 0 Å². The van der Waals surface area contributed by atoms with Crippen LogP contribution in [-0.4, -0.2) is 41.3 Å². The zero-order valence-corrected chi connectivity index (χ0v) is 21.8. The van der Waals surface area contributed by atoms with E-state index in [1.807, 2.05) is 21.0 Å². The quantitative estimate of drug-likeness (QED) is 0.292. The number of benzene rings is 2. The fourth-order valence-electron chi connectivity index (χ4n) is 3.09. The summed E-state index contributed by atoms with van der Waals surface area (Å²) in [6.45, 7) is 5.43. The topological polar surface area (TPSA) is 73.8 Å². The van der Waals surface area contributed by atoms with Crippen LogP contribution in [0.25, 0.3) is 0 Å². The van der Waals surface area contributed by atoms with Crippen LogP contribution in [0.2, 0.25) is 0 Å². The van der Waals surface area contributed by atoms with Gasteiger partial charge in [-0.05, 0) is 54.3 Å². The first-order chi connectivity index (χ1) is 14.1. The lowest BCUT2D eigenvalue weighted by Crippen LogP contribution is -2.37. The maximum absolute atomic E-state index is 13.7. The third-order valence-electron chi connectivity index (χ3n) is 4.51. The largest absolute Gasteiger partial charge is 0.377 e. The molecule has 2 aromatic carbocycles. The van der Waals surface area contributed by atoms with E-state index in [1.165, 1.54) is 30.0 Å². The minimum Gasteiger partial charge on any atom is -0.377 e. The van der Waals surface area contributed by atoms with Crippen molar-refractivity contribution in [1.82, 2.24) is 10.6 Å². The minimum absolute atomic E-state index is 0. The number of anilines is 1. The van der Waals surface area contributed by atoms with Crippen LogP contribution in [0.1, 0.15) is 29.2 Å². The molecular weight excluding hydrogens is 530 g/mol. The molecule has 0 saturated heterocycles. The van der Waals surface area contributed by atoms with Crippen molar-refractivity contribution in [2.45, 2.75) is 32.7 Å². The Kier molecular flexibility index (Phi) is 10.7. The smallest absolute Gasteiger partial charge is 0.191 e. The van der Waals surface area contributed by atoms with Crippen LogP contribution in [0.3, 0.4) is 0 Å². The number of rotatable bonds is 8. The van der Waals surface area contributed by atoms with Gasteiger partial charge in [-0.1, -0.05) is 18.2 Å². The third kappa shape index (κ3) is 9.02. The van der Waals surface area contributed by atoms with Crippen molar-refractivity contribution in [3.63, 3.8) is 0 Å². The van der Waals surface area contributed by atoms with Gasteiger partial charge >= 0.3 is 0 Å². The molecule has 0 bridgehead atoms. The van der Waals surface area contributed by atoms with E-state index < -0.39 is 15.7 Å². The molecule has 0 radical (unpaired) electrons. The Morgan fingerprint density at radius 2 is 1.74 bits per heavy atom. The van der Waals surface area contributed by atoms with Gasteiger partial charge in [0.2, 0.25) is 0 Å². The number of hydrogen-bond acceptors (Lipinski definition) is 4. The summed E-state index contributed by atoms with van der Waals surface area (Å²) in [6, 6.07) is 10.4. The SMILES string of the molecule is CCNC(=NCc1cc(F)ccc1CS(C)(=O)=O)NCc1ccc(C)cc1N(C)C.I. The third-order valence-corrected chi connectivity index (χ3v) is 5.34. The molecule has 31 heavy (non-hydrogen) atoms. The first-order valence-corrected chi connectivity index (χ1v) is 11.9. The number of hydrogen-bond donors (Lipinski definition) is 2. The van der Waals surface area contributed by atoms with Gasteiger partial charge in [0.25, 0.3) is 0 Å². The van der Waals surface area contributed by atoms with E-state index in [-0.39, 0.29) is 36.3 Å². The van der Waals surface area contributed by atoms with E-state index in [0.29, 0.717) is 30.2 Å². The molecule has 172 valence electrons. The first kappa shape index (κ1) is 27.2.